The smallest absolute Gasteiger partial charge is 0.168 e. The van der Waals surface area contributed by atoms with Crippen molar-refractivity contribution >= 4 is 33.3 Å². The molecule has 4 heteroatoms. The van der Waals surface area contributed by atoms with Crippen LogP contribution < -0.4 is 0 Å². The van der Waals surface area contributed by atoms with E-state index in [4.69, 9.17) is 11.6 Å². The van der Waals surface area contributed by atoms with E-state index in [2.05, 4.69) is 20.9 Å². The van der Waals surface area contributed by atoms with E-state index in [1.54, 1.807) is 18.5 Å². The van der Waals surface area contributed by atoms with Crippen molar-refractivity contribution < 1.29 is 4.79 Å². The lowest BCUT2D eigenvalue weighted by Crippen LogP contribution is -2.05. The first-order valence-corrected chi connectivity index (χ1v) is 6.63. The van der Waals surface area contributed by atoms with Crippen LogP contribution >= 0.6 is 27.5 Å². The summed E-state index contributed by atoms with van der Waals surface area (Å²) in [5.74, 6) is 0.0370. The van der Waals surface area contributed by atoms with Gasteiger partial charge in [-0.25, -0.2) is 0 Å². The Hall–Kier alpha value is -1.19. The van der Waals surface area contributed by atoms with Gasteiger partial charge < -0.3 is 0 Å². The Morgan fingerprint density at radius 2 is 2.17 bits per heavy atom. The third-order valence-electron chi connectivity index (χ3n) is 2.63. The molecule has 0 saturated carbocycles. The lowest BCUT2D eigenvalue weighted by atomic mass is 10.0. The Morgan fingerprint density at radius 3 is 2.83 bits per heavy atom. The zero-order valence-electron chi connectivity index (χ0n) is 9.78. The number of pyridine rings is 1. The second-order valence-electron chi connectivity index (χ2n) is 4.05. The number of aryl methyl sites for hydroxylation is 1. The maximum atomic E-state index is 12.2. The highest BCUT2D eigenvalue weighted by atomic mass is 79.9. The molecule has 2 rings (SSSR count). The van der Waals surface area contributed by atoms with Crippen molar-refractivity contribution in [3.8, 4) is 0 Å². The van der Waals surface area contributed by atoms with E-state index in [1.807, 2.05) is 25.1 Å². The first-order chi connectivity index (χ1) is 8.58. The summed E-state index contributed by atoms with van der Waals surface area (Å²) in [5.41, 5.74) is 2.58. The Labute approximate surface area is 119 Å². The third kappa shape index (κ3) is 2.98. The lowest BCUT2D eigenvalue weighted by Gasteiger charge is -2.06. The van der Waals surface area contributed by atoms with Crippen LogP contribution in [0, 0.1) is 6.92 Å². The van der Waals surface area contributed by atoms with Gasteiger partial charge in [-0.2, -0.15) is 0 Å². The Bertz CT molecular complexity index is 598. The maximum Gasteiger partial charge on any atom is 0.168 e. The molecule has 92 valence electrons. The molecule has 1 heterocycles. The number of hydrogen-bond acceptors (Lipinski definition) is 2. The average Bonchev–Trinajstić information content (AvgIpc) is 2.32. The second-order valence-corrected chi connectivity index (χ2v) is 5.31. The van der Waals surface area contributed by atoms with Gasteiger partial charge in [0.2, 0.25) is 0 Å². The van der Waals surface area contributed by atoms with Gasteiger partial charge in [-0.15, -0.1) is 0 Å². The molecule has 1 aromatic heterocycles. The summed E-state index contributed by atoms with van der Waals surface area (Å²) in [6.07, 6.45) is 3.47. The first kappa shape index (κ1) is 13.2. The van der Waals surface area contributed by atoms with Crippen LogP contribution in [0.5, 0.6) is 0 Å². The summed E-state index contributed by atoms with van der Waals surface area (Å²) in [6, 6.07) is 7.45. The van der Waals surface area contributed by atoms with E-state index in [1.165, 1.54) is 0 Å². The van der Waals surface area contributed by atoms with Gasteiger partial charge >= 0.3 is 0 Å². The highest BCUT2D eigenvalue weighted by Gasteiger charge is 2.12. The minimum absolute atomic E-state index is 0.0370. The van der Waals surface area contributed by atoms with Crippen LogP contribution in [-0.2, 0) is 6.42 Å². The number of benzene rings is 1. The molecule has 18 heavy (non-hydrogen) atoms. The highest BCUT2D eigenvalue weighted by molar-refractivity contribution is 9.10. The normalized spacial score (nSPS) is 10.4. The summed E-state index contributed by atoms with van der Waals surface area (Å²) in [5, 5.41) is 0.522. The number of Topliss-reactive ketones (excluding diaryl/α,β-unsaturated/α-hetero) is 1. The molecule has 0 atom stereocenters. The number of nitrogens with zero attached hydrogens (tertiary/aromatic N) is 1. The zero-order chi connectivity index (χ0) is 13.1. The van der Waals surface area contributed by atoms with Crippen molar-refractivity contribution in [3.63, 3.8) is 0 Å². The summed E-state index contributed by atoms with van der Waals surface area (Å²) in [6.45, 7) is 1.98. The number of ketones is 1. The first-order valence-electron chi connectivity index (χ1n) is 5.45. The van der Waals surface area contributed by atoms with Crippen LogP contribution in [0.25, 0.3) is 0 Å². The van der Waals surface area contributed by atoms with Gasteiger partial charge in [-0.1, -0.05) is 33.6 Å². The quantitative estimate of drug-likeness (QED) is 0.791. The molecule has 0 aliphatic rings. The van der Waals surface area contributed by atoms with Crippen LogP contribution in [0.3, 0.4) is 0 Å². The minimum atomic E-state index is 0.0370. The van der Waals surface area contributed by atoms with Gasteiger partial charge in [-0.3, -0.25) is 9.78 Å². The van der Waals surface area contributed by atoms with Gasteiger partial charge in [0.25, 0.3) is 0 Å². The Kier molecular flexibility index (Phi) is 4.15. The van der Waals surface area contributed by atoms with Gasteiger partial charge in [-0.05, 0) is 36.2 Å². The number of halogens is 2. The maximum absolute atomic E-state index is 12.2. The van der Waals surface area contributed by atoms with Crippen molar-refractivity contribution in [3.05, 3.63) is 62.8 Å². The Balaban J connectivity index is 2.25. The molecule has 0 aliphatic carbocycles. The predicted octanol–water partition coefficient (Wildman–Crippen LogP) is 4.23. The number of rotatable bonds is 3. The molecule has 0 N–H and O–H groups in total. The molecule has 0 unspecified atom stereocenters. The van der Waals surface area contributed by atoms with E-state index < -0.39 is 0 Å². The van der Waals surface area contributed by atoms with Crippen LogP contribution in [0.15, 0.2) is 41.1 Å². The van der Waals surface area contributed by atoms with Crippen molar-refractivity contribution in [2.45, 2.75) is 13.3 Å². The molecule has 1 aromatic carbocycles. The minimum Gasteiger partial charge on any atom is -0.294 e. The molecular weight excluding hydrogens is 314 g/mol. The van der Waals surface area contributed by atoms with E-state index in [0.29, 0.717) is 10.6 Å². The van der Waals surface area contributed by atoms with Crippen molar-refractivity contribution in [2.24, 2.45) is 0 Å². The fraction of sp³-hybridized carbons (Fsp3) is 0.143. The standard InChI is InChI=1S/C14H11BrClNO/c1-9-2-3-11(12(15)6-9)14(18)7-10-4-5-17-8-13(10)16/h2-6,8H,7H2,1H3. The zero-order valence-corrected chi connectivity index (χ0v) is 12.1. The van der Waals surface area contributed by atoms with Gasteiger partial charge in [0.05, 0.1) is 5.02 Å². The number of hydrogen-bond donors (Lipinski definition) is 0. The van der Waals surface area contributed by atoms with Gasteiger partial charge in [0.1, 0.15) is 0 Å². The molecule has 0 radical (unpaired) electrons. The monoisotopic (exact) mass is 323 g/mol. The van der Waals surface area contributed by atoms with Crippen molar-refractivity contribution in [1.82, 2.24) is 4.98 Å². The largest absolute Gasteiger partial charge is 0.294 e. The van der Waals surface area contributed by atoms with Crippen LogP contribution in [-0.4, -0.2) is 10.8 Å². The molecule has 2 aromatic rings. The molecule has 2 nitrogen and oxygen atoms in total. The molecule has 0 aliphatic heterocycles. The number of carbonyl (C=O) groups is 1. The number of carbonyl (C=O) groups excluding carboxylic acids is 1. The fourth-order valence-corrected chi connectivity index (χ4v) is 2.56. The highest BCUT2D eigenvalue weighted by Crippen LogP contribution is 2.22. The third-order valence-corrected chi connectivity index (χ3v) is 3.63. The summed E-state index contributed by atoms with van der Waals surface area (Å²) >= 11 is 9.41. The van der Waals surface area contributed by atoms with Crippen LogP contribution in [0.4, 0.5) is 0 Å². The molecular formula is C14H11BrClNO. The van der Waals surface area contributed by atoms with Crippen LogP contribution in [0.1, 0.15) is 21.5 Å². The van der Waals surface area contributed by atoms with E-state index in [9.17, 15) is 4.79 Å². The summed E-state index contributed by atoms with van der Waals surface area (Å²) in [4.78, 5) is 16.1. The topological polar surface area (TPSA) is 30.0 Å². The Morgan fingerprint density at radius 1 is 1.39 bits per heavy atom. The molecule has 0 fully saturated rings. The van der Waals surface area contributed by atoms with Gasteiger partial charge in [0.15, 0.2) is 5.78 Å². The van der Waals surface area contributed by atoms with Crippen molar-refractivity contribution in [2.75, 3.05) is 0 Å². The van der Waals surface area contributed by atoms with Crippen molar-refractivity contribution in [1.29, 1.82) is 0 Å². The second kappa shape index (κ2) is 5.63. The predicted molar refractivity (Wildman–Crippen MR) is 76.2 cm³/mol. The lowest BCUT2D eigenvalue weighted by molar-refractivity contribution is 0.0992. The van der Waals surface area contributed by atoms with Gasteiger partial charge in [0, 0.05) is 28.9 Å². The van der Waals surface area contributed by atoms with E-state index in [-0.39, 0.29) is 12.2 Å². The SMILES string of the molecule is Cc1ccc(C(=O)Cc2ccncc2Cl)c(Br)c1. The molecule has 0 amide bonds. The number of aromatic nitrogens is 1. The van der Waals surface area contributed by atoms with E-state index >= 15 is 0 Å². The van der Waals surface area contributed by atoms with Crippen LogP contribution in [0.2, 0.25) is 5.02 Å². The molecule has 0 bridgehead atoms. The fourth-order valence-electron chi connectivity index (χ4n) is 1.66. The van der Waals surface area contributed by atoms with E-state index in [0.717, 1.165) is 15.6 Å². The average molecular weight is 325 g/mol. The summed E-state index contributed by atoms with van der Waals surface area (Å²) in [7, 11) is 0. The summed E-state index contributed by atoms with van der Waals surface area (Å²) < 4.78 is 0.817. The molecule has 0 spiro atoms. The molecule has 0 saturated heterocycles.